The van der Waals surface area contributed by atoms with Gasteiger partial charge in [0.1, 0.15) is 0 Å². The van der Waals surface area contributed by atoms with Crippen LogP contribution < -0.4 is 5.32 Å². The van der Waals surface area contributed by atoms with E-state index in [9.17, 15) is 13.2 Å². The van der Waals surface area contributed by atoms with Gasteiger partial charge in [-0.15, -0.1) is 0 Å². The third kappa shape index (κ3) is 8.44. The highest BCUT2D eigenvalue weighted by Gasteiger charge is 2.32. The van der Waals surface area contributed by atoms with Crippen LogP contribution in [0.4, 0.5) is 13.2 Å². The van der Waals surface area contributed by atoms with Crippen LogP contribution in [0.1, 0.15) is 38.5 Å². The average molecular weight is 282 g/mol. The van der Waals surface area contributed by atoms with E-state index in [1.165, 1.54) is 4.90 Å². The Morgan fingerprint density at radius 2 is 1.68 bits per heavy atom. The molecule has 3 nitrogen and oxygen atoms in total. The van der Waals surface area contributed by atoms with Gasteiger partial charge in [0.25, 0.3) is 0 Å². The summed E-state index contributed by atoms with van der Waals surface area (Å²) in [5, 5.41) is 12.0. The van der Waals surface area contributed by atoms with E-state index >= 15 is 0 Å². The van der Waals surface area contributed by atoms with Crippen LogP contribution in [0.15, 0.2) is 0 Å². The van der Waals surface area contributed by atoms with Gasteiger partial charge in [-0.25, -0.2) is 0 Å². The molecule has 6 heteroatoms. The molecule has 0 aromatic rings. The fourth-order valence-corrected chi connectivity index (χ4v) is 2.45. The van der Waals surface area contributed by atoms with E-state index in [1.54, 1.807) is 0 Å². The van der Waals surface area contributed by atoms with Crippen molar-refractivity contribution in [2.45, 2.75) is 50.7 Å². The molecule has 0 saturated carbocycles. The summed E-state index contributed by atoms with van der Waals surface area (Å²) in [6.45, 7) is 1.46. The summed E-state index contributed by atoms with van der Waals surface area (Å²) in [5.74, 6) is 0. The normalized spacial score (nSPS) is 18.9. The fraction of sp³-hybridized carbons (Fsp3) is 1.00. The second kappa shape index (κ2) is 8.76. The Morgan fingerprint density at radius 1 is 1.05 bits per heavy atom. The van der Waals surface area contributed by atoms with Crippen molar-refractivity contribution in [2.75, 3.05) is 32.8 Å². The number of hydrogen-bond donors (Lipinski definition) is 2. The number of rotatable bonds is 8. The monoisotopic (exact) mass is 282 g/mol. The van der Waals surface area contributed by atoms with Crippen molar-refractivity contribution < 1.29 is 18.3 Å². The number of aliphatic hydroxyl groups is 1. The van der Waals surface area contributed by atoms with Crippen molar-refractivity contribution in [3.63, 3.8) is 0 Å². The Bertz CT molecular complexity index is 228. The number of alkyl halides is 3. The molecule has 0 bridgehead atoms. The Balaban J connectivity index is 2.01. The summed E-state index contributed by atoms with van der Waals surface area (Å²) in [6, 6.07) is 0.363. The minimum atomic E-state index is -4.08. The van der Waals surface area contributed by atoms with Gasteiger partial charge in [-0.3, -0.25) is 4.90 Å². The molecule has 1 aliphatic heterocycles. The molecule has 2 N–H and O–H groups in total. The molecule has 1 aliphatic rings. The van der Waals surface area contributed by atoms with Crippen LogP contribution in [0, 0.1) is 0 Å². The van der Waals surface area contributed by atoms with Crippen LogP contribution in [0.25, 0.3) is 0 Å². The zero-order valence-corrected chi connectivity index (χ0v) is 11.4. The first-order valence-electron chi connectivity index (χ1n) is 7.14. The molecule has 0 aliphatic carbocycles. The molecule has 1 fully saturated rings. The minimum Gasteiger partial charge on any atom is -0.396 e. The number of nitrogens with one attached hydrogen (secondary N) is 1. The largest absolute Gasteiger partial charge is 0.401 e. The maximum Gasteiger partial charge on any atom is 0.401 e. The number of unbranched alkanes of at least 4 members (excludes halogenated alkanes) is 3. The molecule has 114 valence electrons. The molecular formula is C13H25F3N2O. The van der Waals surface area contributed by atoms with Gasteiger partial charge in [-0.1, -0.05) is 12.8 Å². The Labute approximate surface area is 113 Å². The van der Waals surface area contributed by atoms with Crippen LogP contribution in [0.3, 0.4) is 0 Å². The van der Waals surface area contributed by atoms with Gasteiger partial charge in [0.15, 0.2) is 0 Å². The Kier molecular flexibility index (Phi) is 7.71. The lowest BCUT2D eigenvalue weighted by Crippen LogP contribution is -2.45. The number of nitrogens with zero attached hydrogens (tertiary/aromatic N) is 1. The van der Waals surface area contributed by atoms with Gasteiger partial charge in [-0.05, 0) is 45.3 Å². The maximum atomic E-state index is 12.2. The van der Waals surface area contributed by atoms with E-state index in [0.29, 0.717) is 19.1 Å². The third-order valence-corrected chi connectivity index (χ3v) is 3.51. The maximum absolute atomic E-state index is 12.2. The molecule has 1 saturated heterocycles. The van der Waals surface area contributed by atoms with E-state index in [1.807, 2.05) is 0 Å². The van der Waals surface area contributed by atoms with Crippen molar-refractivity contribution in [1.82, 2.24) is 10.2 Å². The van der Waals surface area contributed by atoms with E-state index in [-0.39, 0.29) is 6.61 Å². The van der Waals surface area contributed by atoms with Crippen LogP contribution in [0.5, 0.6) is 0 Å². The first kappa shape index (κ1) is 16.7. The van der Waals surface area contributed by atoms with Gasteiger partial charge in [0.05, 0.1) is 6.54 Å². The van der Waals surface area contributed by atoms with Crippen LogP contribution in [-0.2, 0) is 0 Å². The van der Waals surface area contributed by atoms with Crippen LogP contribution in [-0.4, -0.2) is 55.0 Å². The first-order valence-corrected chi connectivity index (χ1v) is 7.14. The van der Waals surface area contributed by atoms with E-state index in [0.717, 1.165) is 45.1 Å². The summed E-state index contributed by atoms with van der Waals surface area (Å²) in [7, 11) is 0. The van der Waals surface area contributed by atoms with Crippen molar-refractivity contribution >= 4 is 0 Å². The van der Waals surface area contributed by atoms with Gasteiger partial charge >= 0.3 is 6.18 Å². The number of hydrogen-bond acceptors (Lipinski definition) is 3. The molecule has 0 aromatic heterocycles. The summed E-state index contributed by atoms with van der Waals surface area (Å²) >= 11 is 0. The van der Waals surface area contributed by atoms with Gasteiger partial charge in [-0.2, -0.15) is 13.2 Å². The van der Waals surface area contributed by atoms with Crippen molar-refractivity contribution in [3.05, 3.63) is 0 Å². The van der Waals surface area contributed by atoms with E-state index in [2.05, 4.69) is 5.32 Å². The second-order valence-corrected chi connectivity index (χ2v) is 5.26. The molecule has 0 radical (unpaired) electrons. The number of likely N-dealkylation sites (tertiary alicyclic amines) is 1. The van der Waals surface area contributed by atoms with Crippen molar-refractivity contribution in [2.24, 2.45) is 0 Å². The summed E-state index contributed by atoms with van der Waals surface area (Å²) < 4.78 is 36.6. The predicted octanol–water partition coefficient (Wildman–Crippen LogP) is 2.16. The molecule has 0 aromatic carbocycles. The predicted molar refractivity (Wildman–Crippen MR) is 69.1 cm³/mol. The lowest BCUT2D eigenvalue weighted by molar-refractivity contribution is -0.148. The Hall–Kier alpha value is -0.330. The Morgan fingerprint density at radius 3 is 2.26 bits per heavy atom. The zero-order chi connectivity index (χ0) is 14.1. The minimum absolute atomic E-state index is 0.255. The number of aliphatic hydroxyl groups excluding tert-OH is 1. The lowest BCUT2D eigenvalue weighted by atomic mass is 10.0. The van der Waals surface area contributed by atoms with Gasteiger partial charge in [0.2, 0.25) is 0 Å². The van der Waals surface area contributed by atoms with Crippen LogP contribution in [0.2, 0.25) is 0 Å². The van der Waals surface area contributed by atoms with Gasteiger partial charge < -0.3 is 10.4 Å². The second-order valence-electron chi connectivity index (χ2n) is 5.26. The smallest absolute Gasteiger partial charge is 0.396 e. The van der Waals surface area contributed by atoms with Crippen molar-refractivity contribution in [1.29, 1.82) is 0 Å². The first-order chi connectivity index (χ1) is 9.01. The topological polar surface area (TPSA) is 35.5 Å². The third-order valence-electron chi connectivity index (χ3n) is 3.51. The highest BCUT2D eigenvalue weighted by atomic mass is 19.4. The van der Waals surface area contributed by atoms with Gasteiger partial charge in [0, 0.05) is 12.6 Å². The summed E-state index contributed by atoms with van der Waals surface area (Å²) in [4.78, 5) is 1.49. The molecule has 0 spiro atoms. The number of piperidine rings is 1. The molecule has 1 heterocycles. The SMILES string of the molecule is OCCCCCCNC1CCN(CC(F)(F)F)CC1. The lowest BCUT2D eigenvalue weighted by Gasteiger charge is -2.32. The molecule has 0 unspecified atom stereocenters. The van der Waals surface area contributed by atoms with Crippen molar-refractivity contribution in [3.8, 4) is 0 Å². The highest BCUT2D eigenvalue weighted by molar-refractivity contribution is 4.78. The molecule has 0 amide bonds. The zero-order valence-electron chi connectivity index (χ0n) is 11.4. The standard InChI is InChI=1S/C13H25F3N2O/c14-13(15,16)11-18-8-5-12(6-9-18)17-7-3-1-2-4-10-19/h12,17,19H,1-11H2. The molecule has 1 rings (SSSR count). The highest BCUT2D eigenvalue weighted by Crippen LogP contribution is 2.19. The number of halogens is 3. The average Bonchev–Trinajstić information content (AvgIpc) is 2.34. The molecule has 0 atom stereocenters. The van der Waals surface area contributed by atoms with Crippen LogP contribution >= 0.6 is 0 Å². The van der Waals surface area contributed by atoms with E-state index < -0.39 is 12.7 Å². The summed E-state index contributed by atoms with van der Waals surface area (Å²) in [6.07, 6.45) is 1.59. The summed E-state index contributed by atoms with van der Waals surface area (Å²) in [5.41, 5.74) is 0. The molecule has 19 heavy (non-hydrogen) atoms. The molecular weight excluding hydrogens is 257 g/mol. The van der Waals surface area contributed by atoms with E-state index in [4.69, 9.17) is 5.11 Å². The quantitative estimate of drug-likeness (QED) is 0.670. The fourth-order valence-electron chi connectivity index (χ4n) is 2.45.